The van der Waals surface area contributed by atoms with E-state index < -0.39 is 5.97 Å². The number of carbonyl (C=O) groups excluding carboxylic acids is 1. The molecule has 1 heterocycles. The molecule has 0 bridgehead atoms. The molecule has 4 nitrogen and oxygen atoms in total. The number of nitrogens with zero attached hydrogens (tertiary/aromatic N) is 2. The number of esters is 1. The third-order valence-corrected chi connectivity index (χ3v) is 1.30. The molecule has 0 radical (unpaired) electrons. The van der Waals surface area contributed by atoms with Gasteiger partial charge in [-0.3, -0.25) is 0 Å². The van der Waals surface area contributed by atoms with E-state index in [0.29, 0.717) is 5.56 Å². The number of rotatable bonds is 1. The van der Waals surface area contributed by atoms with Crippen molar-refractivity contribution in [1.29, 1.82) is 5.26 Å². The van der Waals surface area contributed by atoms with Crippen LogP contribution in [0.3, 0.4) is 0 Å². The Balaban J connectivity index is 0.000000791. The van der Waals surface area contributed by atoms with E-state index in [2.05, 4.69) is 9.72 Å². The molecule has 74 valence electrons. The van der Waals surface area contributed by atoms with Gasteiger partial charge in [0.05, 0.1) is 12.7 Å². The van der Waals surface area contributed by atoms with Crippen molar-refractivity contribution in [2.45, 2.75) is 13.8 Å². The van der Waals surface area contributed by atoms with E-state index in [4.69, 9.17) is 5.26 Å². The summed E-state index contributed by atoms with van der Waals surface area (Å²) in [4.78, 5) is 14.6. The summed E-state index contributed by atoms with van der Waals surface area (Å²) >= 11 is 0. The Hall–Kier alpha value is -1.89. The molecule has 0 aliphatic carbocycles. The first-order valence-corrected chi connectivity index (χ1v) is 4.22. The number of methoxy groups -OCH3 is 1. The molecule has 0 aromatic carbocycles. The fourth-order valence-electron chi connectivity index (χ4n) is 0.699. The van der Waals surface area contributed by atoms with Gasteiger partial charge in [-0.25, -0.2) is 9.78 Å². The zero-order chi connectivity index (χ0) is 11.0. The van der Waals surface area contributed by atoms with E-state index in [1.54, 1.807) is 0 Å². The number of pyridine rings is 1. The van der Waals surface area contributed by atoms with Crippen LogP contribution in [0, 0.1) is 11.3 Å². The van der Waals surface area contributed by atoms with Crippen LogP contribution >= 0.6 is 0 Å². The second-order valence-electron chi connectivity index (χ2n) is 2.04. The van der Waals surface area contributed by atoms with E-state index in [1.807, 2.05) is 19.9 Å². The molecule has 0 fully saturated rings. The van der Waals surface area contributed by atoms with Gasteiger partial charge in [0, 0.05) is 6.20 Å². The van der Waals surface area contributed by atoms with Gasteiger partial charge in [-0.2, -0.15) is 5.26 Å². The minimum absolute atomic E-state index is 0.280. The van der Waals surface area contributed by atoms with E-state index in [0.717, 1.165) is 0 Å². The van der Waals surface area contributed by atoms with Crippen LogP contribution in [-0.2, 0) is 4.74 Å². The number of aromatic nitrogens is 1. The van der Waals surface area contributed by atoms with Crippen LogP contribution in [0.5, 0.6) is 0 Å². The standard InChI is InChI=1S/C8H6N2O2.C2H6/c1-12-8(11)6-2-3-7(4-9)10-5-6;1-2/h2-3,5H,1H3;1-2H3. The van der Waals surface area contributed by atoms with E-state index in [9.17, 15) is 4.79 Å². The average molecular weight is 192 g/mol. The van der Waals surface area contributed by atoms with Gasteiger partial charge < -0.3 is 4.74 Å². The number of nitriles is 1. The van der Waals surface area contributed by atoms with Crippen molar-refractivity contribution in [2.75, 3.05) is 7.11 Å². The molecule has 0 amide bonds. The van der Waals surface area contributed by atoms with Gasteiger partial charge in [-0.1, -0.05) is 13.8 Å². The fraction of sp³-hybridized carbons (Fsp3) is 0.300. The van der Waals surface area contributed by atoms with Crippen molar-refractivity contribution >= 4 is 5.97 Å². The summed E-state index contributed by atoms with van der Waals surface area (Å²) in [6.07, 6.45) is 1.31. The second-order valence-corrected chi connectivity index (χ2v) is 2.04. The molecular formula is C10H12N2O2. The largest absolute Gasteiger partial charge is 0.465 e. The molecule has 1 rings (SSSR count). The summed E-state index contributed by atoms with van der Waals surface area (Å²) in [5.41, 5.74) is 0.624. The van der Waals surface area contributed by atoms with Crippen LogP contribution in [0.4, 0.5) is 0 Å². The Bertz CT molecular complexity index is 325. The third kappa shape index (κ3) is 3.23. The number of hydrogen-bond acceptors (Lipinski definition) is 4. The Morgan fingerprint density at radius 2 is 2.14 bits per heavy atom. The quantitative estimate of drug-likeness (QED) is 0.636. The Morgan fingerprint density at radius 3 is 2.50 bits per heavy atom. The number of hydrogen-bond donors (Lipinski definition) is 0. The van der Waals surface area contributed by atoms with Gasteiger partial charge in [0.15, 0.2) is 0 Å². The summed E-state index contributed by atoms with van der Waals surface area (Å²) in [5.74, 6) is -0.452. The summed E-state index contributed by atoms with van der Waals surface area (Å²) in [6.45, 7) is 4.00. The maximum atomic E-state index is 10.9. The molecule has 0 atom stereocenters. The van der Waals surface area contributed by atoms with Crippen molar-refractivity contribution in [3.8, 4) is 6.07 Å². The minimum Gasteiger partial charge on any atom is -0.465 e. The summed E-state index contributed by atoms with van der Waals surface area (Å²) < 4.78 is 4.45. The first kappa shape index (κ1) is 12.1. The fourth-order valence-corrected chi connectivity index (χ4v) is 0.699. The Labute approximate surface area is 83.1 Å². The molecule has 14 heavy (non-hydrogen) atoms. The third-order valence-electron chi connectivity index (χ3n) is 1.30. The van der Waals surface area contributed by atoms with Gasteiger partial charge >= 0.3 is 5.97 Å². The van der Waals surface area contributed by atoms with E-state index in [-0.39, 0.29) is 5.69 Å². The van der Waals surface area contributed by atoms with Gasteiger partial charge in [0.1, 0.15) is 11.8 Å². The highest BCUT2D eigenvalue weighted by Crippen LogP contribution is 2.00. The van der Waals surface area contributed by atoms with Gasteiger partial charge in [-0.15, -0.1) is 0 Å². The molecular weight excluding hydrogens is 180 g/mol. The van der Waals surface area contributed by atoms with Crippen molar-refractivity contribution in [3.05, 3.63) is 29.6 Å². The summed E-state index contributed by atoms with van der Waals surface area (Å²) in [5, 5.41) is 8.40. The normalized spacial score (nSPS) is 7.86. The molecule has 1 aromatic heterocycles. The average Bonchev–Trinajstić information content (AvgIpc) is 2.31. The zero-order valence-corrected chi connectivity index (χ0v) is 8.44. The van der Waals surface area contributed by atoms with E-state index in [1.165, 1.54) is 25.4 Å². The summed E-state index contributed by atoms with van der Waals surface area (Å²) in [6, 6.07) is 4.81. The first-order chi connectivity index (χ1) is 6.77. The van der Waals surface area contributed by atoms with Crippen molar-refractivity contribution in [3.63, 3.8) is 0 Å². The smallest absolute Gasteiger partial charge is 0.339 e. The molecule has 0 spiro atoms. The van der Waals surface area contributed by atoms with E-state index >= 15 is 0 Å². The lowest BCUT2D eigenvalue weighted by molar-refractivity contribution is 0.0600. The summed E-state index contributed by atoms with van der Waals surface area (Å²) in [7, 11) is 1.29. The minimum atomic E-state index is -0.452. The molecule has 0 saturated carbocycles. The second kappa shape index (κ2) is 6.61. The molecule has 0 N–H and O–H groups in total. The Morgan fingerprint density at radius 1 is 1.50 bits per heavy atom. The lowest BCUT2D eigenvalue weighted by Gasteiger charge is -1.96. The van der Waals surface area contributed by atoms with Crippen LogP contribution in [0.2, 0.25) is 0 Å². The van der Waals surface area contributed by atoms with Crippen LogP contribution in [0.15, 0.2) is 18.3 Å². The molecule has 0 saturated heterocycles. The maximum Gasteiger partial charge on any atom is 0.339 e. The highest BCUT2D eigenvalue weighted by molar-refractivity contribution is 5.88. The molecule has 0 aliphatic heterocycles. The lowest BCUT2D eigenvalue weighted by Crippen LogP contribution is -2.01. The van der Waals surface area contributed by atoms with Crippen molar-refractivity contribution in [1.82, 2.24) is 4.98 Å². The molecule has 1 aromatic rings. The SMILES string of the molecule is CC.COC(=O)c1ccc(C#N)nc1. The van der Waals surface area contributed by atoms with Crippen LogP contribution in [0.1, 0.15) is 29.9 Å². The molecule has 0 unspecified atom stereocenters. The predicted octanol–water partition coefficient (Wildman–Crippen LogP) is 1.77. The highest BCUT2D eigenvalue weighted by Gasteiger charge is 2.04. The monoisotopic (exact) mass is 192 g/mol. The number of carbonyl (C=O) groups is 1. The molecule has 0 aliphatic rings. The van der Waals surface area contributed by atoms with Gasteiger partial charge in [0.2, 0.25) is 0 Å². The van der Waals surface area contributed by atoms with Gasteiger partial charge in [-0.05, 0) is 12.1 Å². The zero-order valence-electron chi connectivity index (χ0n) is 8.44. The Kier molecular flexibility index (Phi) is 5.72. The predicted molar refractivity (Wildman–Crippen MR) is 51.6 cm³/mol. The molecule has 4 heteroatoms. The first-order valence-electron chi connectivity index (χ1n) is 4.22. The maximum absolute atomic E-state index is 10.9. The van der Waals surface area contributed by atoms with Crippen LogP contribution in [-0.4, -0.2) is 18.1 Å². The lowest BCUT2D eigenvalue weighted by atomic mass is 10.2. The van der Waals surface area contributed by atoms with Gasteiger partial charge in [0.25, 0.3) is 0 Å². The highest BCUT2D eigenvalue weighted by atomic mass is 16.5. The number of ether oxygens (including phenoxy) is 1. The topological polar surface area (TPSA) is 63.0 Å². The van der Waals surface area contributed by atoms with Crippen molar-refractivity contribution in [2.24, 2.45) is 0 Å². The van der Waals surface area contributed by atoms with Crippen molar-refractivity contribution < 1.29 is 9.53 Å². The van der Waals surface area contributed by atoms with Crippen LogP contribution in [0.25, 0.3) is 0 Å². The van der Waals surface area contributed by atoms with Crippen LogP contribution < -0.4 is 0 Å².